The highest BCUT2D eigenvalue weighted by Crippen LogP contribution is 2.44. The van der Waals surface area contributed by atoms with Gasteiger partial charge in [-0.05, 0) is 30.7 Å². The maximum atomic E-state index is 5.95. The van der Waals surface area contributed by atoms with Crippen LogP contribution in [0.2, 0.25) is 0 Å². The normalized spacial score (nSPS) is 27.7. The van der Waals surface area contributed by atoms with Crippen LogP contribution in [0.5, 0.6) is 0 Å². The van der Waals surface area contributed by atoms with E-state index in [0.717, 1.165) is 19.0 Å². The molecule has 0 saturated heterocycles. The number of hydrogen-bond acceptors (Lipinski definition) is 2. The predicted molar refractivity (Wildman–Crippen MR) is 57.6 cm³/mol. The Morgan fingerprint density at radius 1 is 1.46 bits per heavy atom. The van der Waals surface area contributed by atoms with E-state index in [1.165, 1.54) is 6.42 Å². The fraction of sp³-hybridized carbons (Fsp3) is 1.00. The van der Waals surface area contributed by atoms with Gasteiger partial charge in [-0.1, -0.05) is 27.7 Å². The minimum absolute atomic E-state index is 0.356. The first-order valence-electron chi connectivity index (χ1n) is 5.42. The van der Waals surface area contributed by atoms with E-state index in [2.05, 4.69) is 33.0 Å². The summed E-state index contributed by atoms with van der Waals surface area (Å²) in [5.74, 6) is 0.606. The summed E-state index contributed by atoms with van der Waals surface area (Å²) in [7, 11) is 0. The third kappa shape index (κ3) is 3.28. The molecule has 1 aliphatic rings. The molecule has 1 rings (SSSR count). The minimum Gasteiger partial charge on any atom is -0.327 e. The molecule has 0 radical (unpaired) electrons. The number of rotatable bonds is 5. The maximum absolute atomic E-state index is 5.95. The van der Waals surface area contributed by atoms with Gasteiger partial charge in [0.05, 0.1) is 0 Å². The Morgan fingerprint density at radius 3 is 2.38 bits per heavy atom. The van der Waals surface area contributed by atoms with Crippen molar-refractivity contribution in [3.05, 3.63) is 0 Å². The van der Waals surface area contributed by atoms with E-state index in [4.69, 9.17) is 5.73 Å². The highest BCUT2D eigenvalue weighted by molar-refractivity contribution is 5.01. The van der Waals surface area contributed by atoms with E-state index in [9.17, 15) is 0 Å². The summed E-state index contributed by atoms with van der Waals surface area (Å²) in [5, 5.41) is 3.55. The molecule has 1 saturated carbocycles. The van der Waals surface area contributed by atoms with E-state index >= 15 is 0 Å². The van der Waals surface area contributed by atoms with E-state index < -0.39 is 0 Å². The summed E-state index contributed by atoms with van der Waals surface area (Å²) in [6.45, 7) is 10.1. The van der Waals surface area contributed by atoms with Gasteiger partial charge in [0.25, 0.3) is 0 Å². The lowest BCUT2D eigenvalue weighted by Crippen LogP contribution is -2.32. The Balaban J connectivity index is 2.02. The Morgan fingerprint density at radius 2 is 2.00 bits per heavy atom. The van der Waals surface area contributed by atoms with Gasteiger partial charge in [-0.25, -0.2) is 0 Å². The van der Waals surface area contributed by atoms with Crippen LogP contribution in [0.1, 0.15) is 40.5 Å². The molecule has 0 aromatic carbocycles. The summed E-state index contributed by atoms with van der Waals surface area (Å²) in [4.78, 5) is 0. The number of hydrogen-bond donors (Lipinski definition) is 2. The Hall–Kier alpha value is -0.0800. The van der Waals surface area contributed by atoms with Crippen LogP contribution in [0.4, 0.5) is 0 Å². The maximum Gasteiger partial charge on any atom is 0.0124 e. The van der Waals surface area contributed by atoms with E-state index in [1.807, 2.05) is 0 Å². The van der Waals surface area contributed by atoms with Gasteiger partial charge in [-0.15, -0.1) is 0 Å². The largest absolute Gasteiger partial charge is 0.327 e. The molecule has 0 aromatic heterocycles. The van der Waals surface area contributed by atoms with Crippen molar-refractivity contribution in [3.63, 3.8) is 0 Å². The smallest absolute Gasteiger partial charge is 0.0124 e. The first kappa shape index (κ1) is 11.0. The topological polar surface area (TPSA) is 38.0 Å². The fourth-order valence-corrected chi connectivity index (χ4v) is 1.57. The van der Waals surface area contributed by atoms with Crippen LogP contribution in [0.15, 0.2) is 0 Å². The van der Waals surface area contributed by atoms with Gasteiger partial charge < -0.3 is 11.1 Å². The monoisotopic (exact) mass is 184 g/mol. The lowest BCUT2D eigenvalue weighted by atomic mass is 10.0. The molecule has 0 spiro atoms. The molecule has 3 N–H and O–H groups in total. The molecule has 1 aliphatic carbocycles. The average molecular weight is 184 g/mol. The first-order valence-corrected chi connectivity index (χ1v) is 5.42. The molecule has 0 aromatic rings. The van der Waals surface area contributed by atoms with Crippen molar-refractivity contribution >= 4 is 0 Å². The molecular weight excluding hydrogens is 160 g/mol. The highest BCUT2D eigenvalue weighted by atomic mass is 15.0. The molecule has 2 unspecified atom stereocenters. The molecule has 0 bridgehead atoms. The molecule has 0 amide bonds. The van der Waals surface area contributed by atoms with Gasteiger partial charge in [-0.2, -0.15) is 0 Å². The number of nitrogens with one attached hydrogen (secondary N) is 1. The van der Waals surface area contributed by atoms with Crippen LogP contribution in [0, 0.1) is 11.3 Å². The van der Waals surface area contributed by atoms with E-state index in [1.54, 1.807) is 0 Å². The summed E-state index contributed by atoms with van der Waals surface area (Å²) >= 11 is 0. The van der Waals surface area contributed by atoms with Crippen molar-refractivity contribution in [2.75, 3.05) is 6.54 Å². The van der Waals surface area contributed by atoms with Crippen molar-refractivity contribution < 1.29 is 0 Å². The van der Waals surface area contributed by atoms with Gasteiger partial charge in [0, 0.05) is 12.1 Å². The summed E-state index contributed by atoms with van der Waals surface area (Å²) < 4.78 is 0. The van der Waals surface area contributed by atoms with Crippen LogP contribution in [-0.4, -0.2) is 18.6 Å². The van der Waals surface area contributed by atoms with Gasteiger partial charge in [0.1, 0.15) is 0 Å². The molecular formula is C11H24N2. The zero-order chi connectivity index (χ0) is 10.1. The molecule has 0 heterocycles. The second kappa shape index (κ2) is 3.97. The van der Waals surface area contributed by atoms with Gasteiger partial charge in [0.2, 0.25) is 0 Å². The van der Waals surface area contributed by atoms with Crippen molar-refractivity contribution in [2.24, 2.45) is 17.1 Å². The fourth-order valence-electron chi connectivity index (χ4n) is 1.57. The summed E-state index contributed by atoms with van der Waals surface area (Å²) in [6.07, 6.45) is 2.42. The van der Waals surface area contributed by atoms with Crippen molar-refractivity contribution in [1.29, 1.82) is 0 Å². The van der Waals surface area contributed by atoms with Gasteiger partial charge >= 0.3 is 0 Å². The quantitative estimate of drug-likeness (QED) is 0.683. The second-order valence-corrected chi connectivity index (χ2v) is 5.40. The van der Waals surface area contributed by atoms with Crippen LogP contribution in [-0.2, 0) is 0 Å². The predicted octanol–water partition coefficient (Wildman–Crippen LogP) is 1.75. The highest BCUT2D eigenvalue weighted by Gasteiger charge is 2.44. The van der Waals surface area contributed by atoms with Gasteiger partial charge in [-0.3, -0.25) is 0 Å². The zero-order valence-electron chi connectivity index (χ0n) is 9.43. The third-order valence-corrected chi connectivity index (χ3v) is 3.24. The third-order valence-electron chi connectivity index (χ3n) is 3.24. The lowest BCUT2D eigenvalue weighted by Gasteiger charge is -2.15. The van der Waals surface area contributed by atoms with Gasteiger partial charge in [0.15, 0.2) is 0 Å². The molecule has 2 atom stereocenters. The van der Waals surface area contributed by atoms with Crippen molar-refractivity contribution in [1.82, 2.24) is 5.32 Å². The Labute approximate surface area is 82.3 Å². The van der Waals surface area contributed by atoms with Crippen molar-refractivity contribution in [2.45, 2.75) is 52.6 Å². The Bertz CT molecular complexity index is 161. The molecule has 0 aliphatic heterocycles. The molecule has 2 nitrogen and oxygen atoms in total. The SMILES string of the molecule is CC(C)C(N)CCNC1CC1(C)C. The second-order valence-electron chi connectivity index (χ2n) is 5.40. The number of nitrogens with two attached hydrogens (primary N) is 1. The molecule has 2 heteroatoms. The van der Waals surface area contributed by atoms with Crippen LogP contribution in [0.25, 0.3) is 0 Å². The van der Waals surface area contributed by atoms with Crippen molar-refractivity contribution in [3.8, 4) is 0 Å². The van der Waals surface area contributed by atoms with Crippen LogP contribution >= 0.6 is 0 Å². The summed E-state index contributed by atoms with van der Waals surface area (Å²) in [5.41, 5.74) is 6.49. The Kier molecular flexibility index (Phi) is 3.36. The minimum atomic E-state index is 0.356. The zero-order valence-corrected chi connectivity index (χ0v) is 9.43. The average Bonchev–Trinajstić information content (AvgIpc) is 2.58. The molecule has 78 valence electrons. The van der Waals surface area contributed by atoms with Crippen LogP contribution < -0.4 is 11.1 Å². The standard InChI is InChI=1S/C11H24N2/c1-8(2)9(12)5-6-13-10-7-11(10,3)4/h8-10,13H,5-7,12H2,1-4H3. The summed E-state index contributed by atoms with van der Waals surface area (Å²) in [6, 6.07) is 1.10. The van der Waals surface area contributed by atoms with Crippen LogP contribution in [0.3, 0.4) is 0 Å². The van der Waals surface area contributed by atoms with E-state index in [-0.39, 0.29) is 0 Å². The lowest BCUT2D eigenvalue weighted by molar-refractivity contribution is 0.438. The first-order chi connectivity index (χ1) is 5.93. The van der Waals surface area contributed by atoms with E-state index in [0.29, 0.717) is 17.4 Å². The molecule has 13 heavy (non-hydrogen) atoms. The molecule has 1 fully saturated rings.